The van der Waals surface area contributed by atoms with Gasteiger partial charge in [-0.05, 0) is 18.2 Å². The van der Waals surface area contributed by atoms with Crippen molar-refractivity contribution in [2.24, 2.45) is 11.5 Å². The first-order chi connectivity index (χ1) is 17.3. The normalized spacial score (nSPS) is 16.7. The minimum absolute atomic E-state index is 0.0359. The van der Waals surface area contributed by atoms with E-state index < -0.39 is 37.6 Å². The Hall–Kier alpha value is -3.83. The Bertz CT molecular complexity index is 1130. The number of nitrogens with one attached hydrogen (secondary N) is 2. The van der Waals surface area contributed by atoms with Crippen molar-refractivity contribution in [2.75, 3.05) is 36.6 Å². The van der Waals surface area contributed by atoms with Crippen LogP contribution in [0.5, 0.6) is 0 Å². The SMILES string of the molecule is O=CO.O=CO.[2H]C([2H])(N)C([2H])([2H])Nc1ccc(NC([2H])([2H])C([2H])([2H])N)c2c1C(=O)c1ccncc1C2=O. The maximum atomic E-state index is 13.2. The van der Waals surface area contributed by atoms with E-state index in [0.717, 1.165) is 18.3 Å². The van der Waals surface area contributed by atoms with Gasteiger partial charge in [-0.2, -0.15) is 0 Å². The summed E-state index contributed by atoms with van der Waals surface area (Å²) in [5, 5.41) is 18.2. The Labute approximate surface area is 183 Å². The Kier molecular flexibility index (Phi) is 5.96. The molecule has 3 rings (SSSR count). The largest absolute Gasteiger partial charge is 0.483 e. The third kappa shape index (κ3) is 5.59. The Morgan fingerprint density at radius 1 is 0.900 bits per heavy atom. The summed E-state index contributed by atoms with van der Waals surface area (Å²) in [5.41, 5.74) is 9.12. The molecule has 0 radical (unpaired) electrons. The average Bonchev–Trinajstić information content (AvgIpc) is 2.77. The standard InChI is InChI=1S/C17H19N5O2.2CH2O2/c18-4-7-21-12-1-2-13(22-8-5-19)15-14(12)16(23)10-3-6-20-9-11(10)17(15)24;2*2-1-3/h1-3,6,9,21-22H,4-5,7-8,18-19H2;2*1H,(H,2,3)/i4D2,5D2,7D2,8D2;;. The monoisotopic (exact) mass is 425 g/mol. The van der Waals surface area contributed by atoms with E-state index in [1.54, 1.807) is 0 Å². The summed E-state index contributed by atoms with van der Waals surface area (Å²) in [6.45, 7) is -12.0. The Balaban J connectivity index is 0.00000110. The fourth-order valence-electron chi connectivity index (χ4n) is 2.53. The molecular weight excluding hydrogens is 394 g/mol. The third-order valence-electron chi connectivity index (χ3n) is 3.51. The molecule has 0 saturated heterocycles. The van der Waals surface area contributed by atoms with E-state index in [4.69, 9.17) is 42.2 Å². The second-order valence-electron chi connectivity index (χ2n) is 4.99. The van der Waals surface area contributed by atoms with Gasteiger partial charge in [0.05, 0.1) is 22.2 Å². The molecule has 0 spiro atoms. The van der Waals surface area contributed by atoms with Crippen molar-refractivity contribution in [2.45, 2.75) is 0 Å². The average molecular weight is 425 g/mol. The van der Waals surface area contributed by atoms with E-state index in [1.165, 1.54) is 12.3 Å². The van der Waals surface area contributed by atoms with Crippen molar-refractivity contribution in [1.29, 1.82) is 0 Å². The highest BCUT2D eigenvalue weighted by Crippen LogP contribution is 2.36. The number of hydrogen-bond acceptors (Lipinski definition) is 9. The zero-order chi connectivity index (χ0) is 29.7. The van der Waals surface area contributed by atoms with Gasteiger partial charge in [-0.3, -0.25) is 24.2 Å². The molecule has 1 aliphatic rings. The maximum absolute atomic E-state index is 13.2. The lowest BCUT2D eigenvalue weighted by molar-refractivity contribution is -0.123. The van der Waals surface area contributed by atoms with Crippen LogP contribution >= 0.6 is 0 Å². The smallest absolute Gasteiger partial charge is 0.290 e. The van der Waals surface area contributed by atoms with Gasteiger partial charge in [0.25, 0.3) is 12.9 Å². The first-order valence-corrected chi connectivity index (χ1v) is 7.81. The van der Waals surface area contributed by atoms with Crippen molar-refractivity contribution in [1.82, 2.24) is 4.98 Å². The topological polar surface area (TPSA) is 198 Å². The molecule has 30 heavy (non-hydrogen) atoms. The summed E-state index contributed by atoms with van der Waals surface area (Å²) in [7, 11) is 0. The van der Waals surface area contributed by atoms with Crippen molar-refractivity contribution in [3.05, 3.63) is 52.8 Å². The number of benzene rings is 1. The first kappa shape index (κ1) is 14.2. The molecule has 0 atom stereocenters. The molecule has 11 heteroatoms. The van der Waals surface area contributed by atoms with Crippen molar-refractivity contribution in [3.63, 3.8) is 0 Å². The lowest BCUT2D eigenvalue weighted by Gasteiger charge is -2.23. The molecule has 8 N–H and O–H groups in total. The van der Waals surface area contributed by atoms with Crippen LogP contribution in [-0.2, 0) is 9.59 Å². The lowest BCUT2D eigenvalue weighted by Crippen LogP contribution is -2.26. The van der Waals surface area contributed by atoms with Crippen LogP contribution in [0.4, 0.5) is 11.4 Å². The van der Waals surface area contributed by atoms with E-state index >= 15 is 0 Å². The number of carbonyl (C=O) groups excluding carboxylic acids is 2. The summed E-state index contributed by atoms with van der Waals surface area (Å²) in [5.74, 6) is -1.48. The van der Waals surface area contributed by atoms with E-state index in [0.29, 0.717) is 0 Å². The number of anilines is 2. The second kappa shape index (κ2) is 12.6. The number of rotatable bonds is 6. The molecule has 0 unspecified atom stereocenters. The molecule has 0 fully saturated rings. The van der Waals surface area contributed by atoms with E-state index in [2.05, 4.69) is 15.6 Å². The molecule has 0 amide bonds. The molecule has 0 saturated carbocycles. The van der Waals surface area contributed by atoms with E-state index in [-0.39, 0.29) is 46.6 Å². The van der Waals surface area contributed by atoms with Crippen LogP contribution in [0.2, 0.25) is 0 Å². The van der Waals surface area contributed by atoms with Crippen LogP contribution in [0.25, 0.3) is 0 Å². The quantitative estimate of drug-likeness (QED) is 0.291. The van der Waals surface area contributed by atoms with Crippen molar-refractivity contribution >= 4 is 35.9 Å². The zero-order valence-electron chi connectivity index (χ0n) is 23.2. The molecule has 1 aromatic carbocycles. The van der Waals surface area contributed by atoms with Crippen molar-refractivity contribution in [3.8, 4) is 0 Å². The van der Waals surface area contributed by atoms with Gasteiger partial charge < -0.3 is 32.3 Å². The van der Waals surface area contributed by atoms with Crippen molar-refractivity contribution < 1.29 is 40.4 Å². The number of carbonyl (C=O) groups is 4. The highest BCUT2D eigenvalue weighted by atomic mass is 16.3. The fraction of sp³-hybridized carbons (Fsp3) is 0.211. The predicted octanol–water partition coefficient (Wildman–Crippen LogP) is -0.000200. The predicted molar refractivity (Wildman–Crippen MR) is 110 cm³/mol. The summed E-state index contributed by atoms with van der Waals surface area (Å²) >= 11 is 0. The van der Waals surface area contributed by atoms with Crippen LogP contribution in [0.15, 0.2) is 30.6 Å². The summed E-state index contributed by atoms with van der Waals surface area (Å²) < 4.78 is 61.5. The van der Waals surface area contributed by atoms with Crippen LogP contribution < -0.4 is 22.1 Å². The lowest BCUT2D eigenvalue weighted by atomic mass is 9.83. The molecule has 160 valence electrons. The van der Waals surface area contributed by atoms with Gasteiger partial charge in [-0.1, -0.05) is 0 Å². The highest BCUT2D eigenvalue weighted by molar-refractivity contribution is 6.31. The summed E-state index contributed by atoms with van der Waals surface area (Å²) in [6, 6.07) is 3.54. The molecular formula is C19H23N5O6. The number of pyridine rings is 1. The number of hydrogen-bond donors (Lipinski definition) is 6. The maximum Gasteiger partial charge on any atom is 0.290 e. The van der Waals surface area contributed by atoms with Gasteiger partial charge in [0.15, 0.2) is 11.6 Å². The van der Waals surface area contributed by atoms with Gasteiger partial charge in [-0.25, -0.2) is 0 Å². The Morgan fingerprint density at radius 2 is 1.33 bits per heavy atom. The van der Waals surface area contributed by atoms with Gasteiger partial charge in [0.1, 0.15) is 0 Å². The number of aromatic nitrogens is 1. The van der Waals surface area contributed by atoms with Gasteiger partial charge >= 0.3 is 0 Å². The zero-order valence-corrected chi connectivity index (χ0v) is 15.2. The van der Waals surface area contributed by atoms with Gasteiger partial charge in [0.2, 0.25) is 0 Å². The molecule has 1 heterocycles. The molecule has 11 nitrogen and oxygen atoms in total. The molecule has 1 aliphatic carbocycles. The number of nitrogens with zero attached hydrogens (tertiary/aromatic N) is 1. The second-order valence-corrected chi connectivity index (χ2v) is 4.99. The van der Waals surface area contributed by atoms with Crippen LogP contribution in [0, 0.1) is 0 Å². The van der Waals surface area contributed by atoms with E-state index in [1.807, 2.05) is 0 Å². The number of nitrogens with two attached hydrogens (primary N) is 2. The van der Waals surface area contributed by atoms with Gasteiger partial charge in [0, 0.05) is 60.8 Å². The van der Waals surface area contributed by atoms with Crippen LogP contribution in [0.1, 0.15) is 42.8 Å². The molecule has 1 aromatic heterocycles. The highest BCUT2D eigenvalue weighted by Gasteiger charge is 2.34. The summed E-state index contributed by atoms with van der Waals surface area (Å²) in [6.07, 6.45) is 2.43. The number of fused-ring (bicyclic) bond motifs is 2. The summed E-state index contributed by atoms with van der Waals surface area (Å²) in [4.78, 5) is 47.0. The molecule has 0 aliphatic heterocycles. The first-order valence-electron chi connectivity index (χ1n) is 11.8. The van der Waals surface area contributed by atoms with Gasteiger partial charge in [-0.15, -0.1) is 0 Å². The molecule has 2 aromatic rings. The molecule has 0 bridgehead atoms. The van der Waals surface area contributed by atoms with E-state index in [9.17, 15) is 9.59 Å². The fourth-order valence-corrected chi connectivity index (χ4v) is 2.53. The Morgan fingerprint density at radius 3 is 1.77 bits per heavy atom. The van der Waals surface area contributed by atoms with Crippen LogP contribution in [-0.4, -0.2) is 65.7 Å². The minimum Gasteiger partial charge on any atom is -0.483 e. The van der Waals surface area contributed by atoms with Crippen LogP contribution in [0.3, 0.4) is 0 Å². The number of carboxylic acid groups (broad SMARTS) is 2. The number of ketones is 2. The minimum atomic E-state index is -2.87. The third-order valence-corrected chi connectivity index (χ3v) is 3.51.